The topological polar surface area (TPSA) is 72.3 Å². The minimum Gasteiger partial charge on any atom is -0.487 e. The molecule has 1 saturated heterocycles. The van der Waals surface area contributed by atoms with Crippen molar-refractivity contribution in [3.63, 3.8) is 0 Å². The Morgan fingerprint density at radius 3 is 3.07 bits per heavy atom. The van der Waals surface area contributed by atoms with Crippen LogP contribution in [0.1, 0.15) is 25.1 Å². The maximum absolute atomic E-state index is 14.1. The molecule has 2 atom stereocenters. The van der Waals surface area contributed by atoms with E-state index in [1.165, 1.54) is 18.3 Å². The number of carbonyl (C=O) groups excluding carboxylic acids is 1. The van der Waals surface area contributed by atoms with Crippen molar-refractivity contribution in [2.45, 2.75) is 39.0 Å². The average molecular weight is 403 g/mol. The SMILES string of the molecule is CC(=O)Nc1nc(F)c(CN2CC(Oc3cccc4cn(C)nc34)CC2C)s1. The summed E-state index contributed by atoms with van der Waals surface area (Å²) in [7, 11) is 1.89. The molecule has 0 bridgehead atoms. The Hall–Kier alpha value is -2.52. The van der Waals surface area contributed by atoms with Gasteiger partial charge in [-0.2, -0.15) is 14.5 Å². The number of likely N-dealkylation sites (tertiary alicyclic amines) is 1. The third-order valence-electron chi connectivity index (χ3n) is 4.85. The van der Waals surface area contributed by atoms with Gasteiger partial charge in [0, 0.05) is 51.1 Å². The molecule has 148 valence electrons. The second kappa shape index (κ2) is 7.48. The number of rotatable bonds is 5. The van der Waals surface area contributed by atoms with Crippen LogP contribution in [0.15, 0.2) is 24.4 Å². The van der Waals surface area contributed by atoms with Crippen LogP contribution in [0.25, 0.3) is 10.9 Å². The highest BCUT2D eigenvalue weighted by Crippen LogP contribution is 2.31. The van der Waals surface area contributed by atoms with Crippen molar-refractivity contribution in [1.29, 1.82) is 0 Å². The van der Waals surface area contributed by atoms with Crippen LogP contribution in [0.2, 0.25) is 0 Å². The Morgan fingerprint density at radius 1 is 1.46 bits per heavy atom. The number of fused-ring (bicyclic) bond motifs is 1. The molecule has 0 radical (unpaired) electrons. The first-order chi connectivity index (χ1) is 13.4. The number of ether oxygens (including phenoxy) is 1. The van der Waals surface area contributed by atoms with E-state index in [4.69, 9.17) is 4.74 Å². The molecule has 9 heteroatoms. The zero-order valence-electron chi connectivity index (χ0n) is 16.0. The third-order valence-corrected chi connectivity index (χ3v) is 5.78. The molecule has 3 aromatic rings. The van der Waals surface area contributed by atoms with Gasteiger partial charge >= 0.3 is 0 Å². The van der Waals surface area contributed by atoms with Gasteiger partial charge in [0.25, 0.3) is 0 Å². The third kappa shape index (κ3) is 3.85. The molecule has 0 spiro atoms. The standard InChI is InChI=1S/C19H22FN5O2S/c1-11-7-14(27-15-6-4-5-13-8-24(3)23-17(13)15)9-25(11)10-16-18(20)22-19(28-16)21-12(2)26/h4-6,8,11,14H,7,9-10H2,1-3H3,(H,21,22,26). The van der Waals surface area contributed by atoms with Gasteiger partial charge in [-0.25, -0.2) is 0 Å². The summed E-state index contributed by atoms with van der Waals surface area (Å²) in [5.41, 5.74) is 0.851. The summed E-state index contributed by atoms with van der Waals surface area (Å²) in [4.78, 5) is 17.6. The quantitative estimate of drug-likeness (QED) is 0.708. The lowest BCUT2D eigenvalue weighted by Crippen LogP contribution is -2.28. The second-order valence-corrected chi connectivity index (χ2v) is 8.25. The van der Waals surface area contributed by atoms with E-state index in [-0.39, 0.29) is 18.1 Å². The number of hydrogen-bond acceptors (Lipinski definition) is 6. The molecular weight excluding hydrogens is 381 g/mol. The van der Waals surface area contributed by atoms with Crippen LogP contribution >= 0.6 is 11.3 Å². The summed E-state index contributed by atoms with van der Waals surface area (Å²) in [6.45, 7) is 4.62. The van der Waals surface area contributed by atoms with Gasteiger partial charge in [-0.3, -0.25) is 14.4 Å². The number of amides is 1. The summed E-state index contributed by atoms with van der Waals surface area (Å²) in [5.74, 6) is -0.00959. The number of nitrogens with zero attached hydrogens (tertiary/aromatic N) is 4. The predicted octanol–water partition coefficient (Wildman–Crippen LogP) is 3.17. The maximum Gasteiger partial charge on any atom is 0.230 e. The van der Waals surface area contributed by atoms with Crippen molar-refractivity contribution in [1.82, 2.24) is 19.7 Å². The molecule has 2 aromatic heterocycles. The van der Waals surface area contributed by atoms with Crippen LogP contribution in [0.5, 0.6) is 5.75 Å². The molecular formula is C19H22FN5O2S. The fraction of sp³-hybridized carbons (Fsp3) is 0.421. The smallest absolute Gasteiger partial charge is 0.230 e. The second-order valence-electron chi connectivity index (χ2n) is 7.16. The molecule has 28 heavy (non-hydrogen) atoms. The molecule has 1 amide bonds. The van der Waals surface area contributed by atoms with Crippen LogP contribution in [-0.4, -0.2) is 44.3 Å². The van der Waals surface area contributed by atoms with Crippen molar-refractivity contribution in [2.75, 3.05) is 11.9 Å². The van der Waals surface area contributed by atoms with Gasteiger partial charge in [-0.15, -0.1) is 0 Å². The van der Waals surface area contributed by atoms with Crippen LogP contribution in [0.3, 0.4) is 0 Å². The number of carbonyl (C=O) groups is 1. The molecule has 1 fully saturated rings. The minimum atomic E-state index is -0.524. The number of nitrogens with one attached hydrogen (secondary N) is 1. The van der Waals surface area contributed by atoms with Gasteiger partial charge in [-0.05, 0) is 13.0 Å². The van der Waals surface area contributed by atoms with Gasteiger partial charge in [-0.1, -0.05) is 23.5 Å². The molecule has 4 rings (SSSR count). The lowest BCUT2D eigenvalue weighted by molar-refractivity contribution is -0.114. The molecule has 1 aliphatic heterocycles. The Bertz CT molecular complexity index is 1020. The molecule has 2 unspecified atom stereocenters. The summed E-state index contributed by atoms with van der Waals surface area (Å²) < 4.78 is 22.2. The first-order valence-corrected chi connectivity index (χ1v) is 9.96. The fourth-order valence-electron chi connectivity index (χ4n) is 3.58. The van der Waals surface area contributed by atoms with Crippen molar-refractivity contribution >= 4 is 33.3 Å². The number of hydrogen-bond donors (Lipinski definition) is 1. The highest BCUT2D eigenvalue weighted by molar-refractivity contribution is 7.15. The zero-order chi connectivity index (χ0) is 19.8. The molecule has 0 saturated carbocycles. The number of benzene rings is 1. The highest BCUT2D eigenvalue weighted by Gasteiger charge is 2.32. The summed E-state index contributed by atoms with van der Waals surface area (Å²) >= 11 is 1.17. The fourth-order valence-corrected chi connectivity index (χ4v) is 4.50. The Balaban J connectivity index is 1.45. The van der Waals surface area contributed by atoms with Crippen molar-refractivity contribution in [3.05, 3.63) is 35.2 Å². The average Bonchev–Trinajstić information content (AvgIpc) is 3.25. The number of aryl methyl sites for hydroxylation is 1. The van der Waals surface area contributed by atoms with Crippen molar-refractivity contribution in [3.8, 4) is 5.75 Å². The number of anilines is 1. The lowest BCUT2D eigenvalue weighted by atomic mass is 10.2. The molecule has 3 heterocycles. The van der Waals surface area contributed by atoms with Crippen LogP contribution in [-0.2, 0) is 18.4 Å². The number of aromatic nitrogens is 3. The van der Waals surface area contributed by atoms with E-state index >= 15 is 0 Å². The van der Waals surface area contributed by atoms with Gasteiger partial charge in [0.15, 0.2) is 5.13 Å². The highest BCUT2D eigenvalue weighted by atomic mass is 32.1. The Morgan fingerprint density at radius 2 is 2.29 bits per heavy atom. The van der Waals surface area contributed by atoms with Crippen molar-refractivity contribution < 1.29 is 13.9 Å². The summed E-state index contributed by atoms with van der Waals surface area (Å²) in [5, 5.41) is 8.36. The zero-order valence-corrected chi connectivity index (χ0v) is 16.8. The number of thiazole rings is 1. The largest absolute Gasteiger partial charge is 0.487 e. The van der Waals surface area contributed by atoms with E-state index in [0.29, 0.717) is 23.1 Å². The normalized spacial score (nSPS) is 20.0. The van der Waals surface area contributed by atoms with Gasteiger partial charge in [0.05, 0.1) is 4.88 Å². The summed E-state index contributed by atoms with van der Waals surface area (Å²) in [6, 6.07) is 6.16. The van der Waals surface area contributed by atoms with Gasteiger partial charge in [0.1, 0.15) is 17.4 Å². The molecule has 1 N–H and O–H groups in total. The van der Waals surface area contributed by atoms with E-state index in [1.54, 1.807) is 4.68 Å². The monoisotopic (exact) mass is 403 g/mol. The van der Waals surface area contributed by atoms with E-state index in [1.807, 2.05) is 31.4 Å². The molecule has 1 aromatic carbocycles. The summed E-state index contributed by atoms with van der Waals surface area (Å²) in [6.07, 6.45) is 2.82. The first-order valence-electron chi connectivity index (χ1n) is 9.15. The first kappa shape index (κ1) is 18.8. The van der Waals surface area contributed by atoms with E-state index < -0.39 is 5.95 Å². The maximum atomic E-state index is 14.1. The van der Waals surface area contributed by atoms with E-state index in [0.717, 1.165) is 23.1 Å². The van der Waals surface area contributed by atoms with Crippen molar-refractivity contribution in [2.24, 2.45) is 7.05 Å². The molecule has 1 aliphatic rings. The minimum absolute atomic E-state index is 0.00778. The predicted molar refractivity (Wildman–Crippen MR) is 106 cm³/mol. The molecule has 0 aliphatic carbocycles. The van der Waals surface area contributed by atoms with Gasteiger partial charge < -0.3 is 10.1 Å². The van der Waals surface area contributed by atoms with Crippen LogP contribution < -0.4 is 10.1 Å². The lowest BCUT2D eigenvalue weighted by Gasteiger charge is -2.19. The van der Waals surface area contributed by atoms with Crippen LogP contribution in [0.4, 0.5) is 9.52 Å². The Labute approximate surface area is 166 Å². The Kier molecular flexibility index (Phi) is 5.03. The van der Waals surface area contributed by atoms with Gasteiger partial charge in [0.2, 0.25) is 11.9 Å². The van der Waals surface area contributed by atoms with Crippen LogP contribution in [0, 0.1) is 5.95 Å². The van der Waals surface area contributed by atoms with E-state index in [9.17, 15) is 9.18 Å². The number of halogens is 1. The molecule has 7 nitrogen and oxygen atoms in total. The van der Waals surface area contributed by atoms with E-state index in [2.05, 4.69) is 27.2 Å².